The zero-order valence-electron chi connectivity index (χ0n) is 15.1. The van der Waals surface area contributed by atoms with Gasteiger partial charge in [0.1, 0.15) is 11.3 Å². The summed E-state index contributed by atoms with van der Waals surface area (Å²) in [7, 11) is 5.82. The number of para-hydroxylation sites is 1. The van der Waals surface area contributed by atoms with Crippen molar-refractivity contribution in [1.29, 1.82) is 0 Å². The maximum absolute atomic E-state index is 13.5. The quantitative estimate of drug-likeness (QED) is 0.839. The van der Waals surface area contributed by atoms with E-state index in [4.69, 9.17) is 4.74 Å². The second-order valence-electron chi connectivity index (χ2n) is 6.68. The van der Waals surface area contributed by atoms with Crippen LogP contribution in [0.5, 0.6) is 5.75 Å². The zero-order chi connectivity index (χ0) is 17.9. The van der Waals surface area contributed by atoms with E-state index in [1.165, 1.54) is 5.56 Å². The summed E-state index contributed by atoms with van der Waals surface area (Å²) >= 11 is 0. The fourth-order valence-corrected chi connectivity index (χ4v) is 3.52. The Morgan fingerprint density at radius 1 is 1.16 bits per heavy atom. The van der Waals surface area contributed by atoms with Crippen LogP contribution in [0.2, 0.25) is 0 Å². The number of fused-ring (bicyclic) bond motifs is 1. The van der Waals surface area contributed by atoms with Gasteiger partial charge >= 0.3 is 0 Å². The standard InChI is InChI=1S/C20H25N3O2/c1-22(2)20(11-15-25-18-7-5-4-6-17(18)20)19(24)23(3)14-10-16-8-12-21-13-9-16/h4-9,12-13H,10-11,14-15H2,1-3H3/t20-/m0/s1. The van der Waals surface area contributed by atoms with Gasteiger partial charge in [0.25, 0.3) is 0 Å². The number of carbonyl (C=O) groups excluding carboxylic acids is 1. The Bertz CT molecular complexity index is 733. The average Bonchev–Trinajstić information content (AvgIpc) is 2.65. The Hall–Kier alpha value is -2.40. The summed E-state index contributed by atoms with van der Waals surface area (Å²) in [5.74, 6) is 0.917. The van der Waals surface area contributed by atoms with Gasteiger partial charge in [-0.25, -0.2) is 0 Å². The van der Waals surface area contributed by atoms with Crippen LogP contribution >= 0.6 is 0 Å². The van der Waals surface area contributed by atoms with E-state index in [9.17, 15) is 4.79 Å². The van der Waals surface area contributed by atoms with Crippen LogP contribution in [0.4, 0.5) is 0 Å². The van der Waals surface area contributed by atoms with Crippen LogP contribution in [0, 0.1) is 0 Å². The van der Waals surface area contributed by atoms with E-state index in [0.717, 1.165) is 17.7 Å². The number of carbonyl (C=O) groups is 1. The maximum Gasteiger partial charge on any atom is 0.247 e. The number of amides is 1. The molecule has 0 spiro atoms. The van der Waals surface area contributed by atoms with Gasteiger partial charge in [-0.15, -0.1) is 0 Å². The minimum absolute atomic E-state index is 0.113. The first kappa shape index (κ1) is 17.4. The third-order valence-corrected chi connectivity index (χ3v) is 5.00. The first-order valence-electron chi connectivity index (χ1n) is 8.60. The highest BCUT2D eigenvalue weighted by Crippen LogP contribution is 2.41. The molecule has 0 bridgehead atoms. The van der Waals surface area contributed by atoms with Crippen LogP contribution in [0.3, 0.4) is 0 Å². The molecule has 1 aromatic carbocycles. The van der Waals surface area contributed by atoms with Gasteiger partial charge < -0.3 is 9.64 Å². The molecule has 0 aliphatic carbocycles. The molecule has 3 rings (SSSR count). The van der Waals surface area contributed by atoms with Crippen LogP contribution < -0.4 is 4.74 Å². The smallest absolute Gasteiger partial charge is 0.247 e. The van der Waals surface area contributed by atoms with Crippen LogP contribution in [0.25, 0.3) is 0 Å². The molecule has 0 saturated heterocycles. The van der Waals surface area contributed by atoms with E-state index >= 15 is 0 Å². The third kappa shape index (κ3) is 3.24. The minimum Gasteiger partial charge on any atom is -0.493 e. The summed E-state index contributed by atoms with van der Waals surface area (Å²) in [6, 6.07) is 11.8. The summed E-state index contributed by atoms with van der Waals surface area (Å²) < 4.78 is 5.78. The van der Waals surface area contributed by atoms with Crippen molar-refractivity contribution in [3.63, 3.8) is 0 Å². The monoisotopic (exact) mass is 339 g/mol. The van der Waals surface area contributed by atoms with Crippen molar-refractivity contribution in [2.75, 3.05) is 34.3 Å². The normalized spacial score (nSPS) is 19.2. The highest BCUT2D eigenvalue weighted by Gasteiger charge is 2.47. The summed E-state index contributed by atoms with van der Waals surface area (Å²) in [5, 5.41) is 0. The molecular weight excluding hydrogens is 314 g/mol. The molecule has 1 amide bonds. The lowest BCUT2D eigenvalue weighted by Crippen LogP contribution is -2.56. The summed E-state index contributed by atoms with van der Waals surface area (Å²) in [4.78, 5) is 21.4. The van der Waals surface area contributed by atoms with E-state index in [0.29, 0.717) is 19.6 Å². The molecule has 2 aromatic rings. The molecule has 0 N–H and O–H groups in total. The first-order chi connectivity index (χ1) is 12.1. The fraction of sp³-hybridized carbons (Fsp3) is 0.400. The minimum atomic E-state index is -0.679. The number of pyridine rings is 1. The van der Waals surface area contributed by atoms with Gasteiger partial charge in [0.15, 0.2) is 0 Å². The molecule has 25 heavy (non-hydrogen) atoms. The third-order valence-electron chi connectivity index (χ3n) is 5.00. The predicted octanol–water partition coefficient (Wildman–Crippen LogP) is 2.32. The molecule has 1 aliphatic rings. The van der Waals surface area contributed by atoms with Crippen molar-refractivity contribution in [3.8, 4) is 5.75 Å². The number of hydrogen-bond donors (Lipinski definition) is 0. The molecule has 5 nitrogen and oxygen atoms in total. The van der Waals surface area contributed by atoms with E-state index in [1.54, 1.807) is 12.4 Å². The number of ether oxygens (including phenoxy) is 1. The Morgan fingerprint density at radius 2 is 1.88 bits per heavy atom. The molecule has 0 fully saturated rings. The first-order valence-corrected chi connectivity index (χ1v) is 8.60. The molecule has 0 radical (unpaired) electrons. The maximum atomic E-state index is 13.5. The van der Waals surface area contributed by atoms with Gasteiger partial charge in [0, 0.05) is 38.0 Å². The van der Waals surface area contributed by atoms with E-state index in [1.807, 2.05) is 67.3 Å². The molecule has 1 aromatic heterocycles. The van der Waals surface area contributed by atoms with Crippen LogP contribution in [0.1, 0.15) is 17.5 Å². The van der Waals surface area contributed by atoms with E-state index in [-0.39, 0.29) is 5.91 Å². The Balaban J connectivity index is 1.85. The van der Waals surface area contributed by atoms with E-state index < -0.39 is 5.54 Å². The number of likely N-dealkylation sites (N-methyl/N-ethyl adjacent to an activating group) is 2. The number of rotatable bonds is 5. The molecule has 5 heteroatoms. The van der Waals surface area contributed by atoms with Crippen LogP contribution in [-0.4, -0.2) is 55.0 Å². The van der Waals surface area contributed by atoms with Gasteiger partial charge in [-0.2, -0.15) is 0 Å². The van der Waals surface area contributed by atoms with E-state index in [2.05, 4.69) is 4.98 Å². The topological polar surface area (TPSA) is 45.7 Å². The second-order valence-corrected chi connectivity index (χ2v) is 6.68. The summed E-state index contributed by atoms with van der Waals surface area (Å²) in [5.41, 5.74) is 1.45. The zero-order valence-corrected chi connectivity index (χ0v) is 15.1. The van der Waals surface area contributed by atoms with Gasteiger partial charge in [0.2, 0.25) is 5.91 Å². The average molecular weight is 339 g/mol. The van der Waals surface area contributed by atoms with Gasteiger partial charge in [-0.3, -0.25) is 14.7 Å². The molecule has 0 saturated carbocycles. The van der Waals surface area contributed by atoms with Crippen molar-refractivity contribution in [3.05, 3.63) is 59.9 Å². The molecule has 1 atom stereocenters. The van der Waals surface area contributed by atoms with Crippen molar-refractivity contribution >= 4 is 5.91 Å². The number of nitrogens with zero attached hydrogens (tertiary/aromatic N) is 3. The van der Waals surface area contributed by atoms with Gasteiger partial charge in [0.05, 0.1) is 6.61 Å². The number of benzene rings is 1. The Morgan fingerprint density at radius 3 is 2.60 bits per heavy atom. The lowest BCUT2D eigenvalue weighted by atomic mass is 9.82. The molecule has 132 valence electrons. The molecular formula is C20H25N3O2. The summed E-state index contributed by atoms with van der Waals surface area (Å²) in [6.45, 7) is 1.21. The Kier molecular flexibility index (Phi) is 5.04. The molecule has 2 heterocycles. The van der Waals surface area contributed by atoms with Crippen LogP contribution in [0.15, 0.2) is 48.8 Å². The number of aromatic nitrogens is 1. The summed E-state index contributed by atoms with van der Waals surface area (Å²) in [6.07, 6.45) is 5.03. The van der Waals surface area contributed by atoms with Crippen molar-refractivity contribution in [1.82, 2.24) is 14.8 Å². The SMILES string of the molecule is CN(CCc1ccncc1)C(=O)[C@]1(N(C)C)CCOc2ccccc21. The van der Waals surface area contributed by atoms with Crippen LogP contribution in [-0.2, 0) is 16.8 Å². The lowest BCUT2D eigenvalue weighted by Gasteiger charge is -2.44. The van der Waals surface area contributed by atoms with Gasteiger partial charge in [-0.05, 0) is 44.3 Å². The van der Waals surface area contributed by atoms with Gasteiger partial charge in [-0.1, -0.05) is 18.2 Å². The second kappa shape index (κ2) is 7.23. The number of hydrogen-bond acceptors (Lipinski definition) is 4. The highest BCUT2D eigenvalue weighted by molar-refractivity contribution is 5.88. The highest BCUT2D eigenvalue weighted by atomic mass is 16.5. The Labute approximate surface area is 149 Å². The predicted molar refractivity (Wildman–Crippen MR) is 97.5 cm³/mol. The van der Waals surface area contributed by atoms with Crippen molar-refractivity contribution in [2.24, 2.45) is 0 Å². The molecule has 0 unspecified atom stereocenters. The lowest BCUT2D eigenvalue weighted by molar-refractivity contribution is -0.144. The molecule has 1 aliphatic heterocycles. The largest absolute Gasteiger partial charge is 0.493 e. The van der Waals surface area contributed by atoms with Crippen molar-refractivity contribution in [2.45, 2.75) is 18.4 Å². The van der Waals surface area contributed by atoms with Crippen molar-refractivity contribution < 1.29 is 9.53 Å². The fourth-order valence-electron chi connectivity index (χ4n) is 3.52.